The van der Waals surface area contributed by atoms with Crippen LogP contribution in [0.5, 0.6) is 5.75 Å². The molecule has 0 bridgehead atoms. The number of fused-ring (bicyclic) bond motifs is 1. The highest BCUT2D eigenvalue weighted by atomic mass is 16.5. The summed E-state index contributed by atoms with van der Waals surface area (Å²) in [5.74, 6) is 0.693. The quantitative estimate of drug-likeness (QED) is 0.107. The number of hydrogen-bond donors (Lipinski definition) is 2. The average Bonchev–Trinajstić information content (AvgIpc) is 3.49. The van der Waals surface area contributed by atoms with Crippen molar-refractivity contribution in [2.75, 3.05) is 29.9 Å². The van der Waals surface area contributed by atoms with Crippen LogP contribution in [0.1, 0.15) is 77.2 Å². The van der Waals surface area contributed by atoms with Crippen molar-refractivity contribution in [1.82, 2.24) is 9.88 Å². The highest BCUT2D eigenvalue weighted by molar-refractivity contribution is 6.18. The summed E-state index contributed by atoms with van der Waals surface area (Å²) in [5, 5.41) is 4.10. The Balaban J connectivity index is 0.000000354. The van der Waals surface area contributed by atoms with Gasteiger partial charge >= 0.3 is 12.0 Å². The number of imide groups is 1. The molecular formula is C37H46N4O4. The Labute approximate surface area is 266 Å². The number of ether oxygens (including phenoxy) is 1. The lowest BCUT2D eigenvalue weighted by Gasteiger charge is -2.32. The highest BCUT2D eigenvalue weighted by Crippen LogP contribution is 2.34. The van der Waals surface area contributed by atoms with E-state index in [4.69, 9.17) is 4.74 Å². The SMILES string of the molecule is CCC(=O)Oc1ccccc1.CCCCCN1CCC(c2c[nH]c3ccc(NC(=O)N(C(=O)CC)c4ccccc4)cc23)CC1. The van der Waals surface area contributed by atoms with Gasteiger partial charge in [-0.15, -0.1) is 0 Å². The monoisotopic (exact) mass is 610 g/mol. The third-order valence-electron chi connectivity index (χ3n) is 8.10. The minimum atomic E-state index is -0.435. The molecule has 0 atom stereocenters. The second kappa shape index (κ2) is 17.2. The standard InChI is InChI=1S/C28H36N4O2.C9H10O2/c1-3-5-9-16-31-17-14-21(15-18-31)25-20-29-26-13-12-22(19-24(25)26)30-28(34)32(27(33)4-2)23-10-7-6-8-11-23;1-2-9(10)11-8-6-4-3-5-7-8/h6-8,10-13,19-21,29H,3-5,9,14-18H2,1-2H3,(H,30,34);3-7H,2H2,1H3. The number of rotatable bonds is 10. The van der Waals surface area contributed by atoms with Crippen molar-refractivity contribution in [3.05, 3.63) is 90.6 Å². The van der Waals surface area contributed by atoms with Crippen LogP contribution in [0.3, 0.4) is 0 Å². The van der Waals surface area contributed by atoms with E-state index in [0.717, 1.165) is 36.8 Å². The van der Waals surface area contributed by atoms with Gasteiger partial charge in [0, 0.05) is 35.6 Å². The van der Waals surface area contributed by atoms with Gasteiger partial charge in [0.1, 0.15) is 5.75 Å². The Morgan fingerprint density at radius 3 is 2.22 bits per heavy atom. The van der Waals surface area contributed by atoms with Crippen LogP contribution in [0.2, 0.25) is 0 Å². The van der Waals surface area contributed by atoms with E-state index in [-0.39, 0.29) is 18.3 Å². The zero-order valence-corrected chi connectivity index (χ0v) is 26.8. The predicted molar refractivity (Wildman–Crippen MR) is 182 cm³/mol. The maximum atomic E-state index is 13.1. The number of H-pyrrole nitrogens is 1. The number of nitrogens with one attached hydrogen (secondary N) is 2. The molecule has 1 saturated heterocycles. The lowest BCUT2D eigenvalue weighted by molar-refractivity contribution is -0.134. The number of hydrogen-bond acceptors (Lipinski definition) is 5. The van der Waals surface area contributed by atoms with Crippen molar-refractivity contribution in [3.63, 3.8) is 0 Å². The van der Waals surface area contributed by atoms with Gasteiger partial charge in [0.05, 0.1) is 5.69 Å². The molecule has 1 aliphatic heterocycles. The van der Waals surface area contributed by atoms with Crippen LogP contribution in [-0.2, 0) is 9.59 Å². The molecule has 2 N–H and O–H groups in total. The molecule has 3 amide bonds. The summed E-state index contributed by atoms with van der Waals surface area (Å²) in [6.07, 6.45) is 8.96. The van der Waals surface area contributed by atoms with E-state index in [1.165, 1.54) is 36.3 Å². The summed E-state index contributed by atoms with van der Waals surface area (Å²) in [5.41, 5.74) is 3.66. The number of unbranched alkanes of at least 4 members (excludes halogenated alkanes) is 2. The van der Waals surface area contributed by atoms with Crippen LogP contribution in [0.4, 0.5) is 16.2 Å². The number of urea groups is 1. The molecule has 8 heteroatoms. The van der Waals surface area contributed by atoms with Gasteiger partial charge in [0.15, 0.2) is 0 Å². The molecular weight excluding hydrogens is 564 g/mol. The third-order valence-corrected chi connectivity index (χ3v) is 8.10. The Kier molecular flexibility index (Phi) is 12.8. The normalized spacial score (nSPS) is 13.5. The summed E-state index contributed by atoms with van der Waals surface area (Å²) < 4.78 is 4.92. The fourth-order valence-corrected chi connectivity index (χ4v) is 5.59. The van der Waals surface area contributed by atoms with Crippen molar-refractivity contribution >= 4 is 40.2 Å². The average molecular weight is 611 g/mol. The molecule has 2 heterocycles. The molecule has 5 rings (SSSR count). The number of piperidine rings is 1. The van der Waals surface area contributed by atoms with Crippen LogP contribution in [0.15, 0.2) is 85.1 Å². The second-order valence-electron chi connectivity index (χ2n) is 11.3. The van der Waals surface area contributed by atoms with E-state index in [1.54, 1.807) is 38.1 Å². The van der Waals surface area contributed by atoms with Crippen LogP contribution in [0.25, 0.3) is 10.9 Å². The van der Waals surface area contributed by atoms with Gasteiger partial charge in [-0.05, 0) is 92.8 Å². The largest absolute Gasteiger partial charge is 0.427 e. The molecule has 1 aliphatic rings. The number of amides is 3. The first-order valence-electron chi connectivity index (χ1n) is 16.2. The molecule has 0 spiro atoms. The predicted octanol–water partition coefficient (Wildman–Crippen LogP) is 8.51. The number of esters is 1. The van der Waals surface area contributed by atoms with Crippen LogP contribution < -0.4 is 15.0 Å². The van der Waals surface area contributed by atoms with Gasteiger partial charge in [-0.2, -0.15) is 0 Å². The molecule has 1 fully saturated rings. The van der Waals surface area contributed by atoms with Gasteiger partial charge in [-0.3, -0.25) is 9.59 Å². The van der Waals surface area contributed by atoms with Gasteiger partial charge in [-0.1, -0.05) is 70.0 Å². The molecule has 0 unspecified atom stereocenters. The Morgan fingerprint density at radius 2 is 1.58 bits per heavy atom. The van der Waals surface area contributed by atoms with E-state index < -0.39 is 6.03 Å². The van der Waals surface area contributed by atoms with Crippen LogP contribution in [-0.4, -0.2) is 47.4 Å². The topological polar surface area (TPSA) is 94.7 Å². The number of anilines is 2. The second-order valence-corrected chi connectivity index (χ2v) is 11.3. The number of aromatic nitrogens is 1. The Bertz CT molecular complexity index is 1510. The molecule has 0 saturated carbocycles. The summed E-state index contributed by atoms with van der Waals surface area (Å²) in [7, 11) is 0. The van der Waals surface area contributed by atoms with Crippen LogP contribution >= 0.6 is 0 Å². The first-order valence-corrected chi connectivity index (χ1v) is 16.2. The number of carbonyl (C=O) groups excluding carboxylic acids is 3. The van der Waals surface area contributed by atoms with Gasteiger partial charge in [0.25, 0.3) is 0 Å². The lowest BCUT2D eigenvalue weighted by atomic mass is 9.89. The molecule has 0 aliphatic carbocycles. The number of benzene rings is 3. The zero-order chi connectivity index (χ0) is 32.0. The maximum Gasteiger partial charge on any atom is 0.333 e. The zero-order valence-electron chi connectivity index (χ0n) is 26.8. The molecule has 4 aromatic rings. The maximum absolute atomic E-state index is 13.1. The van der Waals surface area contributed by atoms with Crippen molar-refractivity contribution in [2.24, 2.45) is 0 Å². The molecule has 45 heavy (non-hydrogen) atoms. The fraction of sp³-hybridized carbons (Fsp3) is 0.378. The van der Waals surface area contributed by atoms with Crippen molar-refractivity contribution in [2.45, 2.75) is 71.6 Å². The molecule has 238 valence electrons. The van der Waals surface area contributed by atoms with E-state index >= 15 is 0 Å². The Hall–Kier alpha value is -4.43. The van der Waals surface area contributed by atoms with E-state index in [0.29, 0.717) is 29.5 Å². The molecule has 1 aromatic heterocycles. The number of para-hydroxylation sites is 2. The number of likely N-dealkylation sites (tertiary alicyclic amines) is 1. The summed E-state index contributed by atoms with van der Waals surface area (Å²) in [6.45, 7) is 9.27. The number of aromatic amines is 1. The third kappa shape index (κ3) is 9.53. The smallest absolute Gasteiger partial charge is 0.333 e. The van der Waals surface area contributed by atoms with Crippen molar-refractivity contribution in [3.8, 4) is 5.75 Å². The molecule has 8 nitrogen and oxygen atoms in total. The highest BCUT2D eigenvalue weighted by Gasteiger charge is 2.24. The number of nitrogens with zero attached hydrogens (tertiary/aromatic N) is 2. The first-order chi connectivity index (χ1) is 21.9. The minimum Gasteiger partial charge on any atom is -0.427 e. The van der Waals surface area contributed by atoms with Gasteiger partial charge in [-0.25, -0.2) is 9.69 Å². The molecule has 3 aromatic carbocycles. The first kappa shape index (κ1) is 33.5. The summed E-state index contributed by atoms with van der Waals surface area (Å²) in [4.78, 5) is 43.6. The number of carbonyl (C=O) groups is 3. The van der Waals surface area contributed by atoms with E-state index in [9.17, 15) is 14.4 Å². The van der Waals surface area contributed by atoms with Gasteiger partial charge in [0.2, 0.25) is 5.91 Å². The minimum absolute atomic E-state index is 0.198. The van der Waals surface area contributed by atoms with E-state index in [2.05, 4.69) is 28.3 Å². The summed E-state index contributed by atoms with van der Waals surface area (Å²) >= 11 is 0. The van der Waals surface area contributed by atoms with Gasteiger partial charge < -0.3 is 19.9 Å². The fourth-order valence-electron chi connectivity index (χ4n) is 5.59. The van der Waals surface area contributed by atoms with Crippen LogP contribution in [0, 0.1) is 0 Å². The van der Waals surface area contributed by atoms with Crippen molar-refractivity contribution < 1.29 is 19.1 Å². The van der Waals surface area contributed by atoms with E-state index in [1.807, 2.05) is 54.6 Å². The summed E-state index contributed by atoms with van der Waals surface area (Å²) in [6, 6.07) is 23.6. The lowest BCUT2D eigenvalue weighted by Crippen LogP contribution is -2.39. The Morgan fingerprint density at radius 1 is 0.889 bits per heavy atom. The molecule has 0 radical (unpaired) electrons. The van der Waals surface area contributed by atoms with Crippen molar-refractivity contribution in [1.29, 1.82) is 0 Å².